The van der Waals surface area contributed by atoms with Crippen molar-refractivity contribution in [3.63, 3.8) is 0 Å². The van der Waals surface area contributed by atoms with E-state index in [1.165, 1.54) is 44.5 Å². The minimum atomic E-state index is 0.624. The van der Waals surface area contributed by atoms with Gasteiger partial charge in [-0.2, -0.15) is 0 Å². The van der Waals surface area contributed by atoms with Crippen molar-refractivity contribution < 1.29 is 0 Å². The number of allylic oxidation sites excluding steroid dienone is 1. The lowest BCUT2D eigenvalue weighted by molar-refractivity contribution is 0.754. The van der Waals surface area contributed by atoms with E-state index in [4.69, 9.17) is 0 Å². The third-order valence-electron chi connectivity index (χ3n) is 4.86. The van der Waals surface area contributed by atoms with Crippen molar-refractivity contribution in [2.24, 2.45) is 5.92 Å². The highest BCUT2D eigenvalue weighted by Crippen LogP contribution is 2.40. The summed E-state index contributed by atoms with van der Waals surface area (Å²) in [6.45, 7) is 13.5. The summed E-state index contributed by atoms with van der Waals surface area (Å²) in [4.78, 5) is 0. The van der Waals surface area contributed by atoms with Crippen LogP contribution in [0.4, 0.5) is 0 Å². The van der Waals surface area contributed by atoms with Crippen LogP contribution in [0.2, 0.25) is 0 Å². The fourth-order valence-electron chi connectivity index (χ4n) is 3.77. The number of hydrogen-bond acceptors (Lipinski definition) is 0. The van der Waals surface area contributed by atoms with Crippen molar-refractivity contribution in [3.8, 4) is 11.1 Å². The summed E-state index contributed by atoms with van der Waals surface area (Å²) >= 11 is 0. The summed E-state index contributed by atoms with van der Waals surface area (Å²) in [7, 11) is 0. The van der Waals surface area contributed by atoms with Gasteiger partial charge in [0.2, 0.25) is 0 Å². The summed E-state index contributed by atoms with van der Waals surface area (Å²) in [6.07, 6.45) is 3.57. The standard InChI is InChI=1S/C22H26/c1-13(2)18-11-20-16(5)10-17(6)22(21(20)12-18)19-8-14(3)7-15(4)9-19/h7-10,12-13H,11H2,1-6H3. The minimum absolute atomic E-state index is 0.624. The lowest BCUT2D eigenvalue weighted by Crippen LogP contribution is -1.97. The average molecular weight is 290 g/mol. The van der Waals surface area contributed by atoms with E-state index in [1.54, 1.807) is 5.57 Å². The van der Waals surface area contributed by atoms with Gasteiger partial charge < -0.3 is 0 Å². The third-order valence-corrected chi connectivity index (χ3v) is 4.86. The number of hydrogen-bond donors (Lipinski definition) is 0. The van der Waals surface area contributed by atoms with Crippen molar-refractivity contribution in [2.75, 3.05) is 0 Å². The molecule has 0 radical (unpaired) electrons. The van der Waals surface area contributed by atoms with Crippen LogP contribution in [0.3, 0.4) is 0 Å². The Morgan fingerprint density at radius 3 is 2.05 bits per heavy atom. The van der Waals surface area contributed by atoms with Gasteiger partial charge in [0.05, 0.1) is 0 Å². The Morgan fingerprint density at radius 2 is 1.45 bits per heavy atom. The van der Waals surface area contributed by atoms with E-state index in [0.717, 1.165) is 6.42 Å². The molecule has 1 aliphatic carbocycles. The minimum Gasteiger partial charge on any atom is -0.0626 e. The molecule has 0 saturated carbocycles. The van der Waals surface area contributed by atoms with Crippen molar-refractivity contribution in [1.82, 2.24) is 0 Å². The zero-order valence-electron chi connectivity index (χ0n) is 14.7. The maximum atomic E-state index is 2.45. The smallest absolute Gasteiger partial charge is 0.00524 e. The lowest BCUT2D eigenvalue weighted by atomic mass is 9.89. The molecule has 0 atom stereocenters. The van der Waals surface area contributed by atoms with Crippen LogP contribution in [-0.2, 0) is 6.42 Å². The highest BCUT2D eigenvalue weighted by molar-refractivity contribution is 5.84. The van der Waals surface area contributed by atoms with Gasteiger partial charge in [0.1, 0.15) is 0 Å². The summed E-state index contributed by atoms with van der Waals surface area (Å²) in [5.74, 6) is 0.624. The van der Waals surface area contributed by atoms with Gasteiger partial charge >= 0.3 is 0 Å². The van der Waals surface area contributed by atoms with Crippen LogP contribution in [0.1, 0.15) is 47.2 Å². The van der Waals surface area contributed by atoms with E-state index in [1.807, 2.05) is 0 Å². The van der Waals surface area contributed by atoms with Crippen LogP contribution in [0.15, 0.2) is 29.8 Å². The molecule has 0 heteroatoms. The largest absolute Gasteiger partial charge is 0.0626 e. The van der Waals surface area contributed by atoms with E-state index in [2.05, 4.69) is 71.9 Å². The topological polar surface area (TPSA) is 0 Å². The van der Waals surface area contributed by atoms with Gasteiger partial charge in [-0.3, -0.25) is 0 Å². The first-order chi connectivity index (χ1) is 10.4. The molecule has 114 valence electrons. The van der Waals surface area contributed by atoms with Gasteiger partial charge in [-0.1, -0.05) is 60.9 Å². The average Bonchev–Trinajstić information content (AvgIpc) is 2.82. The van der Waals surface area contributed by atoms with Crippen LogP contribution >= 0.6 is 0 Å². The molecule has 22 heavy (non-hydrogen) atoms. The quantitative estimate of drug-likeness (QED) is 0.619. The molecular weight excluding hydrogens is 264 g/mol. The molecule has 3 rings (SSSR count). The van der Waals surface area contributed by atoms with Crippen molar-refractivity contribution >= 4 is 6.08 Å². The Hall–Kier alpha value is -1.82. The lowest BCUT2D eigenvalue weighted by Gasteiger charge is -2.16. The Bertz CT molecular complexity index is 753. The molecule has 0 aromatic heterocycles. The second-order valence-corrected chi connectivity index (χ2v) is 7.20. The Kier molecular flexibility index (Phi) is 3.72. The molecule has 0 N–H and O–H groups in total. The predicted molar refractivity (Wildman–Crippen MR) is 97.3 cm³/mol. The maximum Gasteiger partial charge on any atom is -0.00524 e. The maximum absolute atomic E-state index is 2.45. The van der Waals surface area contributed by atoms with E-state index in [9.17, 15) is 0 Å². The molecule has 0 spiro atoms. The van der Waals surface area contributed by atoms with Gasteiger partial charge in [0, 0.05) is 0 Å². The summed E-state index contributed by atoms with van der Waals surface area (Å²) in [6, 6.07) is 9.27. The number of benzene rings is 2. The zero-order chi connectivity index (χ0) is 16.0. The molecule has 0 unspecified atom stereocenters. The van der Waals surface area contributed by atoms with E-state index >= 15 is 0 Å². The molecule has 0 bridgehead atoms. The molecule has 0 heterocycles. The van der Waals surface area contributed by atoms with E-state index in [0.29, 0.717) is 5.92 Å². The van der Waals surface area contributed by atoms with Gasteiger partial charge in [0.25, 0.3) is 0 Å². The van der Waals surface area contributed by atoms with Crippen molar-refractivity contribution in [1.29, 1.82) is 0 Å². The fraction of sp³-hybridized carbons (Fsp3) is 0.364. The summed E-state index contributed by atoms with van der Waals surface area (Å²) < 4.78 is 0. The van der Waals surface area contributed by atoms with Crippen LogP contribution in [0.5, 0.6) is 0 Å². The first kappa shape index (κ1) is 15.1. The Morgan fingerprint density at radius 1 is 0.818 bits per heavy atom. The van der Waals surface area contributed by atoms with Crippen LogP contribution < -0.4 is 0 Å². The number of rotatable bonds is 2. The van der Waals surface area contributed by atoms with Crippen molar-refractivity contribution in [2.45, 2.75) is 48.0 Å². The van der Waals surface area contributed by atoms with Crippen LogP contribution in [0.25, 0.3) is 17.2 Å². The molecule has 0 fully saturated rings. The first-order valence-electron chi connectivity index (χ1n) is 8.29. The first-order valence-corrected chi connectivity index (χ1v) is 8.29. The van der Waals surface area contributed by atoms with Gasteiger partial charge in [0.15, 0.2) is 0 Å². The molecular formula is C22H26. The second kappa shape index (κ2) is 5.43. The summed E-state index contributed by atoms with van der Waals surface area (Å²) in [5, 5.41) is 0. The molecule has 0 nitrogen and oxygen atoms in total. The molecule has 0 aliphatic heterocycles. The molecule has 2 aromatic rings. The van der Waals surface area contributed by atoms with E-state index < -0.39 is 0 Å². The highest BCUT2D eigenvalue weighted by atomic mass is 14.3. The van der Waals surface area contributed by atoms with Gasteiger partial charge in [-0.05, 0) is 73.4 Å². The second-order valence-electron chi connectivity index (χ2n) is 7.20. The van der Waals surface area contributed by atoms with Gasteiger partial charge in [-0.25, -0.2) is 0 Å². The van der Waals surface area contributed by atoms with Crippen LogP contribution in [0, 0.1) is 33.6 Å². The Balaban J connectivity index is 2.27. The fourth-order valence-corrected chi connectivity index (χ4v) is 3.77. The zero-order valence-corrected chi connectivity index (χ0v) is 14.7. The molecule has 0 amide bonds. The van der Waals surface area contributed by atoms with Crippen molar-refractivity contribution in [3.05, 3.63) is 63.2 Å². The number of fused-ring (bicyclic) bond motifs is 1. The monoisotopic (exact) mass is 290 g/mol. The molecule has 0 saturated heterocycles. The predicted octanol–water partition coefficient (Wildman–Crippen LogP) is 6.18. The SMILES string of the molecule is Cc1cc(C)cc(-c2c(C)cc(C)c3c2C=C(C(C)C)C3)c1. The normalized spacial score (nSPS) is 13.5. The molecule has 2 aromatic carbocycles. The van der Waals surface area contributed by atoms with Gasteiger partial charge in [-0.15, -0.1) is 0 Å². The molecule has 1 aliphatic rings. The summed E-state index contributed by atoms with van der Waals surface area (Å²) in [5.41, 5.74) is 12.9. The Labute approximate surface area is 134 Å². The van der Waals surface area contributed by atoms with E-state index in [-0.39, 0.29) is 0 Å². The third kappa shape index (κ3) is 2.52. The van der Waals surface area contributed by atoms with Crippen LogP contribution in [-0.4, -0.2) is 0 Å². The number of aryl methyl sites for hydroxylation is 4. The highest BCUT2D eigenvalue weighted by Gasteiger charge is 2.22.